The summed E-state index contributed by atoms with van der Waals surface area (Å²) >= 11 is 1.72. The second-order valence-electron chi connectivity index (χ2n) is 5.77. The van der Waals surface area contributed by atoms with Gasteiger partial charge >= 0.3 is 0 Å². The van der Waals surface area contributed by atoms with Crippen molar-refractivity contribution in [2.24, 2.45) is 0 Å². The lowest BCUT2D eigenvalue weighted by molar-refractivity contribution is 0.0933. The topological polar surface area (TPSA) is 76.4 Å². The number of nitrogens with zero attached hydrogens (tertiary/aromatic N) is 3. The quantitative estimate of drug-likeness (QED) is 0.673. The monoisotopic (exact) mass is 388 g/mol. The Labute approximate surface area is 158 Å². The summed E-state index contributed by atoms with van der Waals surface area (Å²) in [6, 6.07) is 12.3. The SMILES string of the molecule is CSCCC(NC(=O)c1ccc(S(C)=O)cc1)c1nnc2ccccn12. The van der Waals surface area contributed by atoms with Crippen molar-refractivity contribution in [1.29, 1.82) is 0 Å². The van der Waals surface area contributed by atoms with Crippen LogP contribution >= 0.6 is 11.8 Å². The van der Waals surface area contributed by atoms with Crippen LogP contribution in [-0.2, 0) is 10.8 Å². The van der Waals surface area contributed by atoms with Crippen LogP contribution in [0.3, 0.4) is 0 Å². The second kappa shape index (κ2) is 8.46. The van der Waals surface area contributed by atoms with Crippen molar-refractivity contribution in [3.8, 4) is 0 Å². The minimum Gasteiger partial charge on any atom is -0.342 e. The van der Waals surface area contributed by atoms with E-state index in [1.807, 2.05) is 35.1 Å². The first-order valence-electron chi connectivity index (χ1n) is 8.13. The fourth-order valence-electron chi connectivity index (χ4n) is 2.64. The molecule has 1 amide bonds. The summed E-state index contributed by atoms with van der Waals surface area (Å²) in [5.74, 6) is 1.42. The molecule has 0 aliphatic rings. The Balaban J connectivity index is 1.84. The van der Waals surface area contributed by atoms with Gasteiger partial charge in [0.15, 0.2) is 11.5 Å². The van der Waals surface area contributed by atoms with Gasteiger partial charge in [-0.15, -0.1) is 10.2 Å². The third-order valence-electron chi connectivity index (χ3n) is 4.02. The largest absolute Gasteiger partial charge is 0.342 e. The van der Waals surface area contributed by atoms with Crippen molar-refractivity contribution >= 4 is 34.1 Å². The lowest BCUT2D eigenvalue weighted by Gasteiger charge is -2.17. The summed E-state index contributed by atoms with van der Waals surface area (Å²) in [7, 11) is -1.06. The molecule has 0 aliphatic heterocycles. The Morgan fingerprint density at radius 1 is 1.23 bits per heavy atom. The standard InChI is InChI=1S/C18H20N4O2S2/c1-25-12-10-15(17-21-20-16-5-3-4-11-22(16)17)19-18(23)13-6-8-14(9-7-13)26(2)24/h3-9,11,15H,10,12H2,1-2H3,(H,19,23). The molecule has 2 atom stereocenters. The van der Waals surface area contributed by atoms with Gasteiger partial charge in [-0.1, -0.05) is 6.07 Å². The molecule has 2 heterocycles. The molecule has 2 aromatic heterocycles. The first kappa shape index (κ1) is 18.6. The molecule has 0 saturated carbocycles. The Morgan fingerprint density at radius 2 is 2.00 bits per heavy atom. The number of pyridine rings is 1. The zero-order valence-electron chi connectivity index (χ0n) is 14.6. The summed E-state index contributed by atoms with van der Waals surface area (Å²) in [5, 5.41) is 11.5. The Bertz CT molecular complexity index is 924. The minimum atomic E-state index is -1.06. The molecule has 0 bridgehead atoms. The lowest BCUT2D eigenvalue weighted by atomic mass is 10.1. The van der Waals surface area contributed by atoms with Crippen molar-refractivity contribution in [3.63, 3.8) is 0 Å². The van der Waals surface area contributed by atoms with E-state index in [-0.39, 0.29) is 11.9 Å². The molecule has 6 nitrogen and oxygen atoms in total. The first-order valence-corrected chi connectivity index (χ1v) is 11.1. The normalized spacial score (nSPS) is 13.5. The molecule has 0 saturated heterocycles. The molecule has 8 heteroatoms. The molecule has 3 aromatic rings. The summed E-state index contributed by atoms with van der Waals surface area (Å²) in [4.78, 5) is 13.4. The molecule has 3 rings (SSSR count). The average Bonchev–Trinajstić information content (AvgIpc) is 3.09. The number of carbonyl (C=O) groups excluding carboxylic acids is 1. The molecule has 0 aliphatic carbocycles. The van der Waals surface area contributed by atoms with Gasteiger partial charge in [0.05, 0.1) is 6.04 Å². The number of nitrogens with one attached hydrogen (secondary N) is 1. The van der Waals surface area contributed by atoms with Gasteiger partial charge < -0.3 is 5.32 Å². The average molecular weight is 389 g/mol. The molecule has 0 spiro atoms. The highest BCUT2D eigenvalue weighted by Crippen LogP contribution is 2.19. The fourth-order valence-corrected chi connectivity index (χ4v) is 3.63. The maximum Gasteiger partial charge on any atom is 0.251 e. The summed E-state index contributed by atoms with van der Waals surface area (Å²) in [5.41, 5.74) is 1.28. The van der Waals surface area contributed by atoms with Gasteiger partial charge in [0.2, 0.25) is 0 Å². The Hall–Kier alpha value is -2.19. The minimum absolute atomic E-state index is 0.183. The lowest BCUT2D eigenvalue weighted by Crippen LogP contribution is -2.30. The molecular formula is C18H20N4O2S2. The van der Waals surface area contributed by atoms with Crippen molar-refractivity contribution in [1.82, 2.24) is 19.9 Å². The number of thioether (sulfide) groups is 1. The molecule has 136 valence electrons. The molecule has 0 fully saturated rings. The zero-order chi connectivity index (χ0) is 18.5. The summed E-state index contributed by atoms with van der Waals surface area (Å²) in [6.45, 7) is 0. The summed E-state index contributed by atoms with van der Waals surface area (Å²) < 4.78 is 13.4. The maximum atomic E-state index is 12.7. The van der Waals surface area contributed by atoms with Crippen molar-refractivity contribution in [2.75, 3.05) is 18.3 Å². The van der Waals surface area contributed by atoms with Gasteiger partial charge in [-0.25, -0.2) is 0 Å². The second-order valence-corrected chi connectivity index (χ2v) is 8.14. The van der Waals surface area contributed by atoms with E-state index in [4.69, 9.17) is 0 Å². The molecule has 1 aromatic carbocycles. The number of benzene rings is 1. The number of rotatable bonds is 7. The number of hydrogen-bond donors (Lipinski definition) is 1. The van der Waals surface area contributed by atoms with Crippen LogP contribution in [0.15, 0.2) is 53.6 Å². The Kier molecular flexibility index (Phi) is 6.05. The predicted octanol–water partition coefficient (Wildman–Crippen LogP) is 2.69. The fraction of sp³-hybridized carbons (Fsp3) is 0.278. The number of amides is 1. The highest BCUT2D eigenvalue weighted by atomic mass is 32.2. The smallest absolute Gasteiger partial charge is 0.251 e. The van der Waals surface area contributed by atoms with Gasteiger partial charge in [0.25, 0.3) is 5.91 Å². The molecular weight excluding hydrogens is 368 g/mol. The van der Waals surface area contributed by atoms with Gasteiger partial charge in [0, 0.05) is 33.7 Å². The van der Waals surface area contributed by atoms with Gasteiger partial charge in [-0.05, 0) is 54.8 Å². The van der Waals surface area contributed by atoms with E-state index in [1.54, 1.807) is 42.3 Å². The highest BCUT2D eigenvalue weighted by molar-refractivity contribution is 7.98. The highest BCUT2D eigenvalue weighted by Gasteiger charge is 2.20. The number of fused-ring (bicyclic) bond motifs is 1. The van der Waals surface area contributed by atoms with E-state index in [1.165, 1.54) is 0 Å². The van der Waals surface area contributed by atoms with Crippen LogP contribution in [0.25, 0.3) is 5.65 Å². The van der Waals surface area contributed by atoms with Crippen LogP contribution in [0.4, 0.5) is 0 Å². The third kappa shape index (κ3) is 4.13. The van der Waals surface area contributed by atoms with Crippen LogP contribution in [0, 0.1) is 0 Å². The molecule has 1 N–H and O–H groups in total. The van der Waals surface area contributed by atoms with Crippen LogP contribution in [0.2, 0.25) is 0 Å². The predicted molar refractivity (Wildman–Crippen MR) is 105 cm³/mol. The number of carbonyl (C=O) groups is 1. The van der Waals surface area contributed by atoms with E-state index in [9.17, 15) is 9.00 Å². The van der Waals surface area contributed by atoms with E-state index in [0.717, 1.165) is 17.8 Å². The number of aromatic nitrogens is 3. The van der Waals surface area contributed by atoms with E-state index in [2.05, 4.69) is 15.5 Å². The van der Waals surface area contributed by atoms with Crippen molar-refractivity contribution in [3.05, 3.63) is 60.0 Å². The molecule has 0 radical (unpaired) electrons. The van der Waals surface area contributed by atoms with Gasteiger partial charge in [-0.2, -0.15) is 11.8 Å². The van der Waals surface area contributed by atoms with Crippen molar-refractivity contribution < 1.29 is 9.00 Å². The van der Waals surface area contributed by atoms with Crippen LogP contribution in [0.1, 0.15) is 28.6 Å². The zero-order valence-corrected chi connectivity index (χ0v) is 16.2. The molecule has 2 unspecified atom stereocenters. The van der Waals surface area contributed by atoms with E-state index < -0.39 is 10.8 Å². The number of hydrogen-bond acceptors (Lipinski definition) is 5. The van der Waals surface area contributed by atoms with Gasteiger partial charge in [0.1, 0.15) is 0 Å². The van der Waals surface area contributed by atoms with Gasteiger partial charge in [-0.3, -0.25) is 13.4 Å². The van der Waals surface area contributed by atoms with Crippen LogP contribution < -0.4 is 5.32 Å². The summed E-state index contributed by atoms with van der Waals surface area (Å²) in [6.07, 6.45) is 6.29. The van der Waals surface area contributed by atoms with E-state index in [0.29, 0.717) is 16.3 Å². The maximum absolute atomic E-state index is 12.7. The third-order valence-corrected chi connectivity index (χ3v) is 5.60. The van der Waals surface area contributed by atoms with Crippen LogP contribution in [0.5, 0.6) is 0 Å². The first-order chi connectivity index (χ1) is 12.6. The Morgan fingerprint density at radius 3 is 2.69 bits per heavy atom. The molecule has 26 heavy (non-hydrogen) atoms. The van der Waals surface area contributed by atoms with E-state index >= 15 is 0 Å². The van der Waals surface area contributed by atoms with Crippen molar-refractivity contribution in [2.45, 2.75) is 17.4 Å². The van der Waals surface area contributed by atoms with Crippen LogP contribution in [-0.4, -0.2) is 43.0 Å².